The van der Waals surface area contributed by atoms with Crippen LogP contribution in [0.4, 0.5) is 14.5 Å². The van der Waals surface area contributed by atoms with Crippen LogP contribution in [0.15, 0.2) is 12.1 Å². The molecule has 4 heteroatoms. The van der Waals surface area contributed by atoms with Crippen molar-refractivity contribution >= 4 is 11.5 Å². The number of carbonyl (C=O) groups is 1. The Hall–Kier alpha value is -1.45. The molecule has 70 valence electrons. The number of hydrogen-bond acceptors (Lipinski definition) is 2. The van der Waals surface area contributed by atoms with Gasteiger partial charge in [-0.25, -0.2) is 8.78 Å². The Bertz CT molecular complexity index is 350. The first-order valence-electron chi connectivity index (χ1n) is 3.74. The summed E-state index contributed by atoms with van der Waals surface area (Å²) in [7, 11) is 1.54. The van der Waals surface area contributed by atoms with E-state index in [4.69, 9.17) is 0 Å². The van der Waals surface area contributed by atoms with Gasteiger partial charge in [0.25, 0.3) is 0 Å². The van der Waals surface area contributed by atoms with E-state index in [1.807, 2.05) is 0 Å². The highest BCUT2D eigenvalue weighted by atomic mass is 19.2. The van der Waals surface area contributed by atoms with E-state index in [0.29, 0.717) is 5.69 Å². The smallest absolute Gasteiger partial charge is 0.161 e. The zero-order valence-corrected chi connectivity index (χ0v) is 7.32. The molecular formula is C9H9F2NO. The number of halogens is 2. The van der Waals surface area contributed by atoms with Crippen LogP contribution in [0.1, 0.15) is 17.3 Å². The fraction of sp³-hybridized carbons (Fsp3) is 0.222. The average Bonchev–Trinajstić information content (AvgIpc) is 2.08. The molecule has 1 aromatic rings. The van der Waals surface area contributed by atoms with E-state index in [1.165, 1.54) is 6.92 Å². The van der Waals surface area contributed by atoms with Crippen LogP contribution in [-0.4, -0.2) is 12.8 Å². The topological polar surface area (TPSA) is 29.1 Å². The Kier molecular flexibility index (Phi) is 2.60. The van der Waals surface area contributed by atoms with Crippen LogP contribution in [0.25, 0.3) is 0 Å². The molecule has 0 aliphatic heterocycles. The second-order valence-electron chi connectivity index (χ2n) is 2.62. The molecule has 0 saturated carbocycles. The molecular weight excluding hydrogens is 176 g/mol. The minimum atomic E-state index is -1.01. The number of hydrogen-bond donors (Lipinski definition) is 1. The molecule has 0 unspecified atom stereocenters. The van der Waals surface area contributed by atoms with Gasteiger partial charge in [0.1, 0.15) is 0 Å². The fourth-order valence-corrected chi connectivity index (χ4v) is 1.04. The number of benzene rings is 1. The molecule has 0 fully saturated rings. The first-order chi connectivity index (χ1) is 6.06. The number of carbonyl (C=O) groups excluding carboxylic acids is 1. The number of rotatable bonds is 2. The highest BCUT2D eigenvalue weighted by Gasteiger charge is 2.11. The highest BCUT2D eigenvalue weighted by molar-refractivity contribution is 5.99. The van der Waals surface area contributed by atoms with E-state index in [1.54, 1.807) is 7.05 Å². The first-order valence-corrected chi connectivity index (χ1v) is 3.74. The third kappa shape index (κ3) is 1.83. The normalized spacial score (nSPS) is 9.85. The lowest BCUT2D eigenvalue weighted by molar-refractivity contribution is 0.101. The lowest BCUT2D eigenvalue weighted by Gasteiger charge is -2.06. The van der Waals surface area contributed by atoms with Crippen molar-refractivity contribution in [3.63, 3.8) is 0 Å². The third-order valence-corrected chi connectivity index (χ3v) is 1.71. The first kappa shape index (κ1) is 9.64. The van der Waals surface area contributed by atoms with Gasteiger partial charge in [0, 0.05) is 24.4 Å². The van der Waals surface area contributed by atoms with Gasteiger partial charge in [-0.15, -0.1) is 0 Å². The Morgan fingerprint density at radius 1 is 1.31 bits per heavy atom. The van der Waals surface area contributed by atoms with Crippen LogP contribution < -0.4 is 5.32 Å². The zero-order chi connectivity index (χ0) is 10.0. The minimum Gasteiger partial charge on any atom is -0.387 e. The molecule has 13 heavy (non-hydrogen) atoms. The van der Waals surface area contributed by atoms with Crippen LogP contribution in [0.2, 0.25) is 0 Å². The number of anilines is 1. The van der Waals surface area contributed by atoms with Crippen molar-refractivity contribution in [2.24, 2.45) is 0 Å². The summed E-state index contributed by atoms with van der Waals surface area (Å²) < 4.78 is 25.4. The van der Waals surface area contributed by atoms with Crippen molar-refractivity contribution in [1.82, 2.24) is 0 Å². The predicted molar refractivity (Wildman–Crippen MR) is 45.9 cm³/mol. The number of Topliss-reactive ketones (excluding diaryl/α,β-unsaturated/α-hetero) is 1. The van der Waals surface area contributed by atoms with Crippen LogP contribution in [0, 0.1) is 11.6 Å². The second-order valence-corrected chi connectivity index (χ2v) is 2.62. The number of nitrogens with one attached hydrogen (secondary N) is 1. The minimum absolute atomic E-state index is 0.154. The largest absolute Gasteiger partial charge is 0.387 e. The van der Waals surface area contributed by atoms with Gasteiger partial charge < -0.3 is 5.32 Å². The Labute approximate surface area is 74.6 Å². The quantitative estimate of drug-likeness (QED) is 0.715. The maximum Gasteiger partial charge on any atom is 0.161 e. The molecule has 0 aromatic heterocycles. The summed E-state index contributed by atoms with van der Waals surface area (Å²) in [5, 5.41) is 2.62. The van der Waals surface area contributed by atoms with Crippen LogP contribution in [0.3, 0.4) is 0 Å². The van der Waals surface area contributed by atoms with Crippen molar-refractivity contribution in [1.29, 1.82) is 0 Å². The molecule has 0 aliphatic carbocycles. The van der Waals surface area contributed by atoms with E-state index in [9.17, 15) is 13.6 Å². The maximum absolute atomic E-state index is 12.7. The van der Waals surface area contributed by atoms with Crippen LogP contribution >= 0.6 is 0 Å². The standard InChI is InChI=1S/C9H9F2NO/c1-5(13)6-3-7(10)8(11)4-9(6)12-2/h3-4,12H,1-2H3. The van der Waals surface area contributed by atoms with Gasteiger partial charge in [-0.2, -0.15) is 0 Å². The summed E-state index contributed by atoms with van der Waals surface area (Å²) in [6, 6.07) is 1.86. The third-order valence-electron chi connectivity index (χ3n) is 1.71. The molecule has 0 radical (unpaired) electrons. The molecule has 0 saturated heterocycles. The Morgan fingerprint density at radius 3 is 2.31 bits per heavy atom. The molecule has 1 aromatic carbocycles. The van der Waals surface area contributed by atoms with Gasteiger partial charge in [0.05, 0.1) is 0 Å². The van der Waals surface area contributed by atoms with E-state index < -0.39 is 11.6 Å². The molecule has 0 atom stereocenters. The monoisotopic (exact) mass is 185 g/mol. The fourth-order valence-electron chi connectivity index (χ4n) is 1.04. The van der Waals surface area contributed by atoms with Gasteiger partial charge in [-0.3, -0.25) is 4.79 Å². The van der Waals surface area contributed by atoms with Gasteiger partial charge in [-0.05, 0) is 13.0 Å². The molecule has 0 spiro atoms. The highest BCUT2D eigenvalue weighted by Crippen LogP contribution is 2.19. The second kappa shape index (κ2) is 3.51. The summed E-state index contributed by atoms with van der Waals surface area (Å²) >= 11 is 0. The SMILES string of the molecule is CNc1cc(F)c(F)cc1C(C)=O. The molecule has 0 heterocycles. The van der Waals surface area contributed by atoms with E-state index in [0.717, 1.165) is 12.1 Å². The number of ketones is 1. The van der Waals surface area contributed by atoms with Crippen molar-refractivity contribution in [2.75, 3.05) is 12.4 Å². The van der Waals surface area contributed by atoms with Gasteiger partial charge in [0.2, 0.25) is 0 Å². The maximum atomic E-state index is 12.7. The summed E-state index contributed by atoms with van der Waals surface area (Å²) in [5.74, 6) is -2.28. The zero-order valence-electron chi connectivity index (χ0n) is 7.32. The van der Waals surface area contributed by atoms with Crippen molar-refractivity contribution in [2.45, 2.75) is 6.92 Å². The van der Waals surface area contributed by atoms with E-state index in [2.05, 4.69) is 5.32 Å². The molecule has 1 rings (SSSR count). The average molecular weight is 185 g/mol. The summed E-state index contributed by atoms with van der Waals surface area (Å²) in [6.07, 6.45) is 0. The van der Waals surface area contributed by atoms with Crippen molar-refractivity contribution < 1.29 is 13.6 Å². The summed E-state index contributed by atoms with van der Waals surface area (Å²) in [6.45, 7) is 1.30. The van der Waals surface area contributed by atoms with Crippen molar-refractivity contribution in [3.05, 3.63) is 29.3 Å². The van der Waals surface area contributed by atoms with Crippen LogP contribution in [0.5, 0.6) is 0 Å². The molecule has 0 aliphatic rings. The Balaban J connectivity index is 3.33. The van der Waals surface area contributed by atoms with E-state index in [-0.39, 0.29) is 11.3 Å². The molecule has 0 bridgehead atoms. The van der Waals surface area contributed by atoms with Gasteiger partial charge in [-0.1, -0.05) is 0 Å². The molecule has 1 N–H and O–H groups in total. The van der Waals surface area contributed by atoms with Gasteiger partial charge >= 0.3 is 0 Å². The molecule has 2 nitrogen and oxygen atoms in total. The van der Waals surface area contributed by atoms with E-state index >= 15 is 0 Å². The molecule has 0 amide bonds. The lowest BCUT2D eigenvalue weighted by Crippen LogP contribution is -2.02. The summed E-state index contributed by atoms with van der Waals surface area (Å²) in [5.41, 5.74) is 0.452. The van der Waals surface area contributed by atoms with Crippen LogP contribution in [-0.2, 0) is 0 Å². The van der Waals surface area contributed by atoms with Gasteiger partial charge in [0.15, 0.2) is 17.4 Å². The predicted octanol–water partition coefficient (Wildman–Crippen LogP) is 2.21. The Morgan fingerprint density at radius 2 is 1.85 bits per heavy atom. The summed E-state index contributed by atoms with van der Waals surface area (Å²) in [4.78, 5) is 11.0. The lowest BCUT2D eigenvalue weighted by atomic mass is 10.1. The van der Waals surface area contributed by atoms with Crippen molar-refractivity contribution in [3.8, 4) is 0 Å².